The summed E-state index contributed by atoms with van der Waals surface area (Å²) in [6.45, 7) is 0.634. The highest BCUT2D eigenvalue weighted by Gasteiger charge is 2.21. The number of hydrogen-bond donors (Lipinski definition) is 1. The van der Waals surface area contributed by atoms with Crippen molar-refractivity contribution in [2.45, 2.75) is 12.8 Å². The minimum absolute atomic E-state index is 0.117. The third kappa shape index (κ3) is 3.23. The summed E-state index contributed by atoms with van der Waals surface area (Å²) in [4.78, 5) is 29.8. The van der Waals surface area contributed by atoms with E-state index < -0.39 is 0 Å². The molecule has 1 aliphatic heterocycles. The Balaban J connectivity index is 1.35. The van der Waals surface area contributed by atoms with Gasteiger partial charge >= 0.3 is 0 Å². The van der Waals surface area contributed by atoms with Crippen molar-refractivity contribution >= 4 is 28.5 Å². The average Bonchev–Trinajstić information content (AvgIpc) is 3.27. The first-order valence-electron chi connectivity index (χ1n) is 8.46. The van der Waals surface area contributed by atoms with Gasteiger partial charge in [0.15, 0.2) is 6.61 Å². The number of nitrogens with one attached hydrogen (secondary N) is 1. The van der Waals surface area contributed by atoms with Crippen LogP contribution in [-0.4, -0.2) is 34.6 Å². The van der Waals surface area contributed by atoms with Crippen LogP contribution >= 0.6 is 0 Å². The van der Waals surface area contributed by atoms with Crippen LogP contribution in [0.15, 0.2) is 54.9 Å². The fourth-order valence-electron chi connectivity index (χ4n) is 3.01. The van der Waals surface area contributed by atoms with Crippen LogP contribution in [0.1, 0.15) is 12.8 Å². The standard InChI is InChI=1S/C19H18N4O3/c24-18(21-23-13-20-16-4-1-2-5-17(16)23)12-26-15-9-7-14(8-10-15)22-11-3-6-19(22)25/h1-2,4-5,7-10,13H,3,6,11-12H2,(H,21,24). The Morgan fingerprint density at radius 2 is 1.96 bits per heavy atom. The molecule has 0 bridgehead atoms. The van der Waals surface area contributed by atoms with E-state index in [1.165, 1.54) is 0 Å². The van der Waals surface area contributed by atoms with Crippen molar-refractivity contribution in [3.8, 4) is 5.75 Å². The Hall–Kier alpha value is -3.35. The Bertz CT molecular complexity index is 949. The van der Waals surface area contributed by atoms with E-state index in [4.69, 9.17) is 4.74 Å². The van der Waals surface area contributed by atoms with E-state index in [9.17, 15) is 9.59 Å². The van der Waals surface area contributed by atoms with Crippen LogP contribution in [0.5, 0.6) is 5.75 Å². The number of benzene rings is 2. The summed E-state index contributed by atoms with van der Waals surface area (Å²) in [7, 11) is 0. The third-order valence-electron chi connectivity index (χ3n) is 4.29. The van der Waals surface area contributed by atoms with Crippen molar-refractivity contribution < 1.29 is 14.3 Å². The number of carbonyl (C=O) groups excluding carboxylic acids is 2. The third-order valence-corrected chi connectivity index (χ3v) is 4.29. The maximum Gasteiger partial charge on any atom is 0.276 e. The minimum atomic E-state index is -0.285. The van der Waals surface area contributed by atoms with E-state index in [2.05, 4.69) is 10.4 Å². The molecule has 1 saturated heterocycles. The molecule has 2 amide bonds. The quantitative estimate of drug-likeness (QED) is 0.766. The van der Waals surface area contributed by atoms with Crippen LogP contribution in [0.2, 0.25) is 0 Å². The van der Waals surface area contributed by atoms with Gasteiger partial charge in [-0.25, -0.2) is 9.66 Å². The van der Waals surface area contributed by atoms with Gasteiger partial charge < -0.3 is 9.64 Å². The van der Waals surface area contributed by atoms with Gasteiger partial charge in [-0.3, -0.25) is 15.0 Å². The number of amides is 2. The SMILES string of the molecule is O=C(COc1ccc(N2CCCC2=O)cc1)Nn1cnc2ccccc21. The maximum absolute atomic E-state index is 12.1. The number of rotatable bonds is 5. The highest BCUT2D eigenvalue weighted by atomic mass is 16.5. The molecule has 26 heavy (non-hydrogen) atoms. The van der Waals surface area contributed by atoms with Crippen LogP contribution in [0.4, 0.5) is 5.69 Å². The molecule has 2 heterocycles. The molecule has 7 nitrogen and oxygen atoms in total. The Labute approximate surface area is 150 Å². The van der Waals surface area contributed by atoms with E-state index in [0.29, 0.717) is 12.2 Å². The molecule has 0 radical (unpaired) electrons. The molecular weight excluding hydrogens is 332 g/mol. The zero-order valence-electron chi connectivity index (χ0n) is 14.1. The van der Waals surface area contributed by atoms with Crippen LogP contribution < -0.4 is 15.1 Å². The number of nitrogens with zero attached hydrogens (tertiary/aromatic N) is 3. The highest BCUT2D eigenvalue weighted by Crippen LogP contribution is 2.23. The second-order valence-electron chi connectivity index (χ2n) is 6.07. The minimum Gasteiger partial charge on any atom is -0.484 e. The summed E-state index contributed by atoms with van der Waals surface area (Å²) in [5.74, 6) is 0.434. The van der Waals surface area contributed by atoms with Gasteiger partial charge in [0.25, 0.3) is 5.91 Å². The van der Waals surface area contributed by atoms with Crippen LogP contribution in [0.25, 0.3) is 11.0 Å². The predicted octanol–water partition coefficient (Wildman–Crippen LogP) is 2.31. The molecule has 0 aliphatic carbocycles. The largest absolute Gasteiger partial charge is 0.484 e. The summed E-state index contributed by atoms with van der Waals surface area (Å²) in [6, 6.07) is 14.7. The molecule has 0 spiro atoms. The molecule has 1 N–H and O–H groups in total. The Morgan fingerprint density at radius 3 is 2.73 bits per heavy atom. The summed E-state index contributed by atoms with van der Waals surface area (Å²) in [5.41, 5.74) is 5.22. The first kappa shape index (κ1) is 16.1. The van der Waals surface area contributed by atoms with Crippen LogP contribution in [-0.2, 0) is 9.59 Å². The molecular formula is C19H18N4O3. The van der Waals surface area contributed by atoms with Gasteiger partial charge in [0.05, 0.1) is 11.0 Å². The van der Waals surface area contributed by atoms with Crippen molar-refractivity contribution in [3.63, 3.8) is 0 Å². The van der Waals surface area contributed by atoms with E-state index in [1.54, 1.807) is 28.0 Å². The van der Waals surface area contributed by atoms with Gasteiger partial charge in [0, 0.05) is 18.7 Å². The zero-order chi connectivity index (χ0) is 17.9. The zero-order valence-corrected chi connectivity index (χ0v) is 14.1. The van der Waals surface area contributed by atoms with Gasteiger partial charge in [0.2, 0.25) is 5.91 Å². The number of aromatic nitrogens is 2. The monoisotopic (exact) mass is 350 g/mol. The number of para-hydroxylation sites is 2. The van der Waals surface area contributed by atoms with E-state index in [0.717, 1.165) is 29.7 Å². The van der Waals surface area contributed by atoms with Crippen molar-refractivity contribution in [3.05, 3.63) is 54.9 Å². The van der Waals surface area contributed by atoms with Crippen molar-refractivity contribution in [2.75, 3.05) is 23.5 Å². The Kier molecular flexibility index (Phi) is 4.27. The molecule has 7 heteroatoms. The molecule has 0 saturated carbocycles. The fraction of sp³-hybridized carbons (Fsp3) is 0.211. The summed E-state index contributed by atoms with van der Waals surface area (Å²) >= 11 is 0. The van der Waals surface area contributed by atoms with Gasteiger partial charge in [-0.05, 0) is 42.8 Å². The van der Waals surface area contributed by atoms with Gasteiger partial charge in [0.1, 0.15) is 12.1 Å². The molecule has 1 aromatic heterocycles. The highest BCUT2D eigenvalue weighted by molar-refractivity contribution is 5.95. The number of fused-ring (bicyclic) bond motifs is 1. The Morgan fingerprint density at radius 1 is 1.15 bits per heavy atom. The lowest BCUT2D eigenvalue weighted by Crippen LogP contribution is -2.27. The molecule has 4 rings (SSSR count). The normalized spacial score (nSPS) is 14.0. The van der Waals surface area contributed by atoms with Gasteiger partial charge in [-0.2, -0.15) is 0 Å². The summed E-state index contributed by atoms with van der Waals surface area (Å²) in [5, 5.41) is 0. The van der Waals surface area contributed by atoms with Gasteiger partial charge in [-0.1, -0.05) is 12.1 Å². The first-order valence-corrected chi connectivity index (χ1v) is 8.46. The molecule has 132 valence electrons. The number of anilines is 1. The lowest BCUT2D eigenvalue weighted by molar-refractivity contribution is -0.119. The summed E-state index contributed by atoms with van der Waals surface area (Å²) < 4.78 is 7.10. The van der Waals surface area contributed by atoms with E-state index >= 15 is 0 Å². The number of ether oxygens (including phenoxy) is 1. The summed E-state index contributed by atoms with van der Waals surface area (Å²) in [6.07, 6.45) is 3.05. The van der Waals surface area contributed by atoms with Crippen LogP contribution in [0.3, 0.4) is 0 Å². The second kappa shape index (κ2) is 6.87. The molecule has 0 unspecified atom stereocenters. The molecule has 2 aromatic carbocycles. The van der Waals surface area contributed by atoms with E-state index in [1.807, 2.05) is 36.4 Å². The van der Waals surface area contributed by atoms with Crippen LogP contribution in [0, 0.1) is 0 Å². The van der Waals surface area contributed by atoms with Crippen molar-refractivity contribution in [1.82, 2.24) is 9.66 Å². The molecule has 1 aliphatic rings. The van der Waals surface area contributed by atoms with Crippen molar-refractivity contribution in [2.24, 2.45) is 0 Å². The maximum atomic E-state index is 12.1. The molecule has 3 aromatic rings. The smallest absolute Gasteiger partial charge is 0.276 e. The lowest BCUT2D eigenvalue weighted by atomic mass is 10.3. The second-order valence-corrected chi connectivity index (χ2v) is 6.07. The van der Waals surface area contributed by atoms with Gasteiger partial charge in [-0.15, -0.1) is 0 Å². The first-order chi connectivity index (χ1) is 12.7. The van der Waals surface area contributed by atoms with Crippen molar-refractivity contribution in [1.29, 1.82) is 0 Å². The fourth-order valence-corrected chi connectivity index (χ4v) is 3.01. The number of carbonyl (C=O) groups is 2. The molecule has 0 atom stereocenters. The number of hydrogen-bond acceptors (Lipinski definition) is 4. The lowest BCUT2D eigenvalue weighted by Gasteiger charge is -2.16. The topological polar surface area (TPSA) is 76.5 Å². The average molecular weight is 350 g/mol. The number of imidazole rings is 1. The predicted molar refractivity (Wildman–Crippen MR) is 97.6 cm³/mol. The van der Waals surface area contributed by atoms with E-state index in [-0.39, 0.29) is 18.4 Å². The molecule has 1 fully saturated rings.